The Kier molecular flexibility index (Phi) is 5.86. The van der Waals surface area contributed by atoms with Crippen molar-refractivity contribution >= 4 is 34.8 Å². The third kappa shape index (κ3) is 4.84. The van der Waals surface area contributed by atoms with Gasteiger partial charge in [-0.2, -0.15) is 5.10 Å². The van der Waals surface area contributed by atoms with Gasteiger partial charge in [-0.3, -0.25) is 9.59 Å². The number of carbonyl (C=O) groups excluding carboxylic acids is 2. The van der Waals surface area contributed by atoms with Gasteiger partial charge in [-0.15, -0.1) is 0 Å². The average Bonchev–Trinajstić information content (AvgIpc) is 3.26. The maximum Gasteiger partial charge on any atom is 0.271 e. The fourth-order valence-electron chi connectivity index (χ4n) is 2.90. The monoisotopic (exact) mass is 435 g/mol. The first-order chi connectivity index (χ1) is 15.0. The average molecular weight is 436 g/mol. The molecule has 3 aromatic carbocycles. The Morgan fingerprint density at radius 1 is 0.839 bits per heavy atom. The molecular weight excluding hydrogens is 418 g/mol. The summed E-state index contributed by atoms with van der Waals surface area (Å²) in [6, 6.07) is 18.7. The number of carbonyl (C=O) groups is 2. The molecule has 0 aliphatic carbocycles. The van der Waals surface area contributed by atoms with Crippen LogP contribution in [0.2, 0.25) is 5.02 Å². The molecule has 4 rings (SSSR count). The van der Waals surface area contributed by atoms with Crippen LogP contribution in [0.3, 0.4) is 0 Å². The zero-order valence-corrected chi connectivity index (χ0v) is 17.3. The van der Waals surface area contributed by atoms with Crippen LogP contribution in [0.25, 0.3) is 0 Å². The van der Waals surface area contributed by atoms with Gasteiger partial charge in [0.25, 0.3) is 11.8 Å². The van der Waals surface area contributed by atoms with E-state index in [1.807, 2.05) is 12.1 Å². The van der Waals surface area contributed by atoms with Gasteiger partial charge in [-0.25, -0.2) is 5.43 Å². The van der Waals surface area contributed by atoms with E-state index in [4.69, 9.17) is 21.1 Å². The highest BCUT2D eigenvalue weighted by Crippen LogP contribution is 2.32. The van der Waals surface area contributed by atoms with Gasteiger partial charge < -0.3 is 14.8 Å². The molecule has 1 aliphatic heterocycles. The Hall–Kier alpha value is -3.84. The normalized spacial score (nSPS) is 12.4. The molecule has 0 unspecified atom stereocenters. The van der Waals surface area contributed by atoms with E-state index in [9.17, 15) is 9.59 Å². The summed E-state index contributed by atoms with van der Waals surface area (Å²) in [5.74, 6) is 0.555. The third-order valence-corrected chi connectivity index (χ3v) is 4.88. The smallest absolute Gasteiger partial charge is 0.271 e. The number of hydrazone groups is 1. The largest absolute Gasteiger partial charge is 0.454 e. The lowest BCUT2D eigenvalue weighted by atomic mass is 10.1. The lowest BCUT2D eigenvalue weighted by Crippen LogP contribution is -2.19. The van der Waals surface area contributed by atoms with E-state index in [-0.39, 0.29) is 18.6 Å². The molecule has 31 heavy (non-hydrogen) atoms. The van der Waals surface area contributed by atoms with E-state index in [2.05, 4.69) is 15.8 Å². The highest BCUT2D eigenvalue weighted by atomic mass is 35.5. The van der Waals surface area contributed by atoms with Crippen molar-refractivity contribution in [2.75, 3.05) is 12.1 Å². The number of halogens is 1. The van der Waals surface area contributed by atoms with Crippen LogP contribution in [0.5, 0.6) is 11.5 Å². The molecule has 0 atom stereocenters. The highest BCUT2D eigenvalue weighted by molar-refractivity contribution is 6.30. The van der Waals surface area contributed by atoms with Crippen LogP contribution in [-0.2, 0) is 0 Å². The lowest BCUT2D eigenvalue weighted by Gasteiger charge is -2.07. The van der Waals surface area contributed by atoms with Crippen LogP contribution >= 0.6 is 11.6 Å². The predicted octanol–water partition coefficient (Wildman–Crippen LogP) is 4.48. The van der Waals surface area contributed by atoms with Crippen LogP contribution in [0.4, 0.5) is 5.69 Å². The molecule has 1 heterocycles. The molecule has 0 radical (unpaired) electrons. The van der Waals surface area contributed by atoms with Crippen LogP contribution in [-0.4, -0.2) is 24.3 Å². The molecule has 7 nitrogen and oxygen atoms in total. The predicted molar refractivity (Wildman–Crippen MR) is 118 cm³/mol. The Labute approximate surface area is 183 Å². The minimum atomic E-state index is -0.357. The number of anilines is 1. The van der Waals surface area contributed by atoms with Gasteiger partial charge >= 0.3 is 0 Å². The molecule has 0 spiro atoms. The zero-order chi connectivity index (χ0) is 21.8. The number of amides is 2. The van der Waals surface area contributed by atoms with E-state index in [0.717, 1.165) is 5.56 Å². The van der Waals surface area contributed by atoms with Crippen molar-refractivity contribution in [3.63, 3.8) is 0 Å². The van der Waals surface area contributed by atoms with E-state index < -0.39 is 0 Å². The van der Waals surface area contributed by atoms with Gasteiger partial charge in [0.2, 0.25) is 6.79 Å². The summed E-state index contributed by atoms with van der Waals surface area (Å²) in [7, 11) is 0. The standard InChI is InChI=1S/C23H18ClN3O4/c1-14(26-27-23(29)17-6-11-20-21(12-17)31-13-30-20)15-4-9-19(10-5-15)25-22(28)16-2-7-18(24)8-3-16/h2-12H,13H2,1H3,(H,25,28)(H,27,29). The van der Waals surface area contributed by atoms with Gasteiger partial charge in [0.1, 0.15) is 0 Å². The molecule has 0 aromatic heterocycles. The molecule has 2 amide bonds. The summed E-state index contributed by atoms with van der Waals surface area (Å²) < 4.78 is 10.5. The molecule has 0 saturated heterocycles. The first-order valence-corrected chi connectivity index (χ1v) is 9.79. The second-order valence-electron chi connectivity index (χ2n) is 6.74. The quantitative estimate of drug-likeness (QED) is 0.457. The molecule has 156 valence electrons. The van der Waals surface area contributed by atoms with Crippen molar-refractivity contribution in [1.82, 2.24) is 5.43 Å². The molecular formula is C23H18ClN3O4. The fraction of sp³-hybridized carbons (Fsp3) is 0.0870. The number of fused-ring (bicyclic) bond motifs is 1. The van der Waals surface area contributed by atoms with Crippen LogP contribution in [0, 0.1) is 0 Å². The van der Waals surface area contributed by atoms with Crippen molar-refractivity contribution in [2.45, 2.75) is 6.92 Å². The number of hydrogen-bond acceptors (Lipinski definition) is 5. The van der Waals surface area contributed by atoms with E-state index in [1.165, 1.54) is 0 Å². The van der Waals surface area contributed by atoms with Crippen LogP contribution in [0.1, 0.15) is 33.2 Å². The molecule has 0 saturated carbocycles. The number of nitrogens with zero attached hydrogens (tertiary/aromatic N) is 1. The van der Waals surface area contributed by atoms with Crippen molar-refractivity contribution in [2.24, 2.45) is 5.10 Å². The molecule has 2 N–H and O–H groups in total. The number of benzene rings is 3. The molecule has 0 fully saturated rings. The van der Waals surface area contributed by atoms with Crippen LogP contribution in [0.15, 0.2) is 71.8 Å². The maximum atomic E-state index is 12.3. The topological polar surface area (TPSA) is 89.0 Å². The fourth-order valence-corrected chi connectivity index (χ4v) is 3.03. The van der Waals surface area contributed by atoms with Crippen molar-refractivity contribution < 1.29 is 19.1 Å². The first kappa shape index (κ1) is 20.4. The highest BCUT2D eigenvalue weighted by Gasteiger charge is 2.16. The number of nitrogens with one attached hydrogen (secondary N) is 2. The Morgan fingerprint density at radius 3 is 2.23 bits per heavy atom. The summed E-state index contributed by atoms with van der Waals surface area (Å²) >= 11 is 5.85. The number of hydrogen-bond donors (Lipinski definition) is 2. The molecule has 3 aromatic rings. The van der Waals surface area contributed by atoms with Gasteiger partial charge in [-0.1, -0.05) is 23.7 Å². The van der Waals surface area contributed by atoms with E-state index >= 15 is 0 Å². The third-order valence-electron chi connectivity index (χ3n) is 4.63. The van der Waals surface area contributed by atoms with Crippen molar-refractivity contribution in [3.8, 4) is 11.5 Å². The summed E-state index contributed by atoms with van der Waals surface area (Å²) in [5.41, 5.74) is 5.52. The van der Waals surface area contributed by atoms with E-state index in [0.29, 0.717) is 39.0 Å². The first-order valence-electron chi connectivity index (χ1n) is 9.41. The summed E-state index contributed by atoms with van der Waals surface area (Å²) in [5, 5.41) is 7.55. The minimum absolute atomic E-state index is 0.147. The SMILES string of the molecule is CC(=NNC(=O)c1ccc2c(c1)OCO2)c1ccc(NC(=O)c2ccc(Cl)cc2)cc1. The van der Waals surface area contributed by atoms with E-state index in [1.54, 1.807) is 61.5 Å². The molecule has 1 aliphatic rings. The Morgan fingerprint density at radius 2 is 1.48 bits per heavy atom. The summed E-state index contributed by atoms with van der Waals surface area (Å²) in [6.45, 7) is 1.93. The second kappa shape index (κ2) is 8.89. The Bertz CT molecular complexity index is 1160. The maximum absolute atomic E-state index is 12.3. The van der Waals surface area contributed by atoms with Gasteiger partial charge in [0.15, 0.2) is 11.5 Å². The van der Waals surface area contributed by atoms with Crippen molar-refractivity contribution in [3.05, 3.63) is 88.4 Å². The summed E-state index contributed by atoms with van der Waals surface area (Å²) in [4.78, 5) is 24.6. The van der Waals surface area contributed by atoms with Gasteiger partial charge in [0.05, 0.1) is 5.71 Å². The van der Waals surface area contributed by atoms with Crippen LogP contribution < -0.4 is 20.2 Å². The number of ether oxygens (including phenoxy) is 2. The zero-order valence-electron chi connectivity index (χ0n) is 16.5. The summed E-state index contributed by atoms with van der Waals surface area (Å²) in [6.07, 6.45) is 0. The molecule has 8 heteroatoms. The van der Waals surface area contributed by atoms with Gasteiger partial charge in [-0.05, 0) is 67.1 Å². The Balaban J connectivity index is 1.37. The second-order valence-corrected chi connectivity index (χ2v) is 7.18. The van der Waals surface area contributed by atoms with Gasteiger partial charge in [0, 0.05) is 21.8 Å². The number of rotatable bonds is 5. The lowest BCUT2D eigenvalue weighted by molar-refractivity contribution is 0.0953. The minimum Gasteiger partial charge on any atom is -0.454 e. The van der Waals surface area contributed by atoms with Crippen molar-refractivity contribution in [1.29, 1.82) is 0 Å². The molecule has 0 bridgehead atoms.